The lowest BCUT2D eigenvalue weighted by Gasteiger charge is -2.23. The molecule has 1 aliphatic rings. The van der Waals surface area contributed by atoms with E-state index in [0.29, 0.717) is 34.0 Å². The van der Waals surface area contributed by atoms with E-state index in [-0.39, 0.29) is 30.3 Å². The number of ether oxygens (including phenoxy) is 1. The van der Waals surface area contributed by atoms with Crippen LogP contribution in [-0.2, 0) is 9.59 Å². The number of aliphatic carboxylic acids is 1. The number of benzene rings is 2. The fraction of sp³-hybridized carbons (Fsp3) is 0.250. The summed E-state index contributed by atoms with van der Waals surface area (Å²) < 4.78 is 5.39. The molecule has 4 rings (SSSR count). The lowest BCUT2D eigenvalue weighted by molar-refractivity contribution is -0.137. The summed E-state index contributed by atoms with van der Waals surface area (Å²) in [4.78, 5) is 28.5. The number of rotatable bonds is 7. The van der Waals surface area contributed by atoms with Crippen molar-refractivity contribution in [1.29, 1.82) is 0 Å². The van der Waals surface area contributed by atoms with Crippen molar-refractivity contribution < 1.29 is 19.4 Å². The van der Waals surface area contributed by atoms with Gasteiger partial charge in [0.25, 0.3) is 0 Å². The second-order valence-electron chi connectivity index (χ2n) is 7.66. The highest BCUT2D eigenvalue weighted by atomic mass is 35.5. The summed E-state index contributed by atoms with van der Waals surface area (Å²) in [6, 6.07) is 14.2. The maximum absolute atomic E-state index is 13.0. The number of aromatic nitrogens is 1. The fourth-order valence-electron chi connectivity index (χ4n) is 3.89. The van der Waals surface area contributed by atoms with E-state index in [1.54, 1.807) is 25.3 Å². The monoisotopic (exact) mass is 485 g/mol. The Balaban J connectivity index is 1.72. The first-order chi connectivity index (χ1) is 15.9. The van der Waals surface area contributed by atoms with Crippen molar-refractivity contribution in [3.8, 4) is 5.75 Å². The molecule has 0 saturated heterocycles. The van der Waals surface area contributed by atoms with Gasteiger partial charge in [-0.3, -0.25) is 9.59 Å². The molecule has 0 spiro atoms. The average Bonchev–Trinajstić information content (AvgIpc) is 3.23. The molecule has 0 radical (unpaired) electrons. The minimum Gasteiger partial charge on any atom is -0.494 e. The quantitative estimate of drug-likeness (QED) is 0.447. The summed E-state index contributed by atoms with van der Waals surface area (Å²) in [7, 11) is 1.57. The van der Waals surface area contributed by atoms with Gasteiger partial charge >= 0.3 is 5.97 Å². The molecule has 2 heterocycles. The van der Waals surface area contributed by atoms with Crippen LogP contribution in [0.15, 0.2) is 53.6 Å². The number of nitrogens with zero attached hydrogens (tertiary/aromatic N) is 3. The van der Waals surface area contributed by atoms with Gasteiger partial charge in [0.05, 0.1) is 18.9 Å². The zero-order valence-corrected chi connectivity index (χ0v) is 19.3. The van der Waals surface area contributed by atoms with Crippen LogP contribution in [0.2, 0.25) is 10.2 Å². The summed E-state index contributed by atoms with van der Waals surface area (Å²) >= 11 is 12.8. The maximum Gasteiger partial charge on any atom is 0.303 e. The molecule has 0 bridgehead atoms. The van der Waals surface area contributed by atoms with Gasteiger partial charge in [0.2, 0.25) is 5.91 Å². The third-order valence-electron chi connectivity index (χ3n) is 5.47. The molecule has 0 unspecified atom stereocenters. The van der Waals surface area contributed by atoms with Gasteiger partial charge in [-0.05, 0) is 36.2 Å². The lowest BCUT2D eigenvalue weighted by Crippen LogP contribution is -2.27. The van der Waals surface area contributed by atoms with Crippen LogP contribution in [-0.4, -0.2) is 39.8 Å². The number of carboxylic acids is 1. The second kappa shape index (κ2) is 9.77. The highest BCUT2D eigenvalue weighted by Gasteiger charge is 2.35. The molecule has 7 nitrogen and oxygen atoms in total. The summed E-state index contributed by atoms with van der Waals surface area (Å²) in [5, 5.41) is 16.5. The van der Waals surface area contributed by atoms with Crippen LogP contribution in [0.25, 0.3) is 10.9 Å². The Bertz CT molecular complexity index is 1260. The van der Waals surface area contributed by atoms with Crippen molar-refractivity contribution in [3.05, 3.63) is 69.8 Å². The Labute approximate surface area is 200 Å². The highest BCUT2D eigenvalue weighted by molar-refractivity contribution is 6.31. The number of halogens is 2. The number of carbonyl (C=O) groups excluding carboxylic acids is 1. The normalized spacial score (nSPS) is 15.5. The number of hydrogen-bond acceptors (Lipinski definition) is 5. The predicted molar refractivity (Wildman–Crippen MR) is 127 cm³/mol. The summed E-state index contributed by atoms with van der Waals surface area (Å²) in [5.41, 5.74) is 2.78. The van der Waals surface area contributed by atoms with E-state index >= 15 is 0 Å². The number of methoxy groups -OCH3 is 1. The Morgan fingerprint density at radius 1 is 1.15 bits per heavy atom. The molecular weight excluding hydrogens is 465 g/mol. The fourth-order valence-corrected chi connectivity index (χ4v) is 4.35. The van der Waals surface area contributed by atoms with E-state index < -0.39 is 12.0 Å². The molecule has 1 amide bonds. The van der Waals surface area contributed by atoms with Gasteiger partial charge in [0.1, 0.15) is 16.4 Å². The van der Waals surface area contributed by atoms with Crippen molar-refractivity contribution in [2.24, 2.45) is 5.10 Å². The molecule has 9 heteroatoms. The minimum atomic E-state index is -0.945. The molecule has 170 valence electrons. The number of amides is 1. The standard InChI is InChI=1S/C24H21Cl2N3O4/c1-33-20-8-3-6-15-12-17(24(26)27-23(15)20)19-13-18(14-5-2-7-16(25)11-14)28-29(19)21(30)9-4-10-22(31)32/h2-3,5-8,11-12,19H,4,9-10,13H2,1H3,(H,31,32)/t19-/m1/s1. The van der Waals surface area contributed by atoms with Crippen molar-refractivity contribution in [2.45, 2.75) is 31.7 Å². The van der Waals surface area contributed by atoms with Crippen LogP contribution in [0.1, 0.15) is 42.9 Å². The van der Waals surface area contributed by atoms with E-state index in [0.717, 1.165) is 10.9 Å². The molecule has 0 saturated carbocycles. The van der Waals surface area contributed by atoms with Crippen LogP contribution in [0.3, 0.4) is 0 Å². The number of hydrogen-bond donors (Lipinski definition) is 1. The smallest absolute Gasteiger partial charge is 0.303 e. The predicted octanol–water partition coefficient (Wildman–Crippen LogP) is 5.48. The third-order valence-corrected chi connectivity index (χ3v) is 6.01. The summed E-state index contributed by atoms with van der Waals surface area (Å²) in [5.74, 6) is -0.621. The SMILES string of the molecule is COc1cccc2cc([C@H]3CC(c4cccc(Cl)c4)=NN3C(=O)CCCC(=O)O)c(Cl)nc12. The minimum absolute atomic E-state index is 0.0571. The summed E-state index contributed by atoms with van der Waals surface area (Å²) in [6.45, 7) is 0. The van der Waals surface area contributed by atoms with Crippen molar-refractivity contribution in [2.75, 3.05) is 7.11 Å². The van der Waals surface area contributed by atoms with Crippen molar-refractivity contribution >= 4 is 51.7 Å². The molecule has 1 atom stereocenters. The van der Waals surface area contributed by atoms with E-state index in [9.17, 15) is 9.59 Å². The zero-order chi connectivity index (χ0) is 23.5. The second-order valence-corrected chi connectivity index (χ2v) is 8.46. The number of hydrazone groups is 1. The average molecular weight is 486 g/mol. The number of fused-ring (bicyclic) bond motifs is 1. The molecular formula is C24H21Cl2N3O4. The Hall–Kier alpha value is -3.16. The topological polar surface area (TPSA) is 92.1 Å². The molecule has 0 fully saturated rings. The van der Waals surface area contributed by atoms with Crippen LogP contribution < -0.4 is 4.74 Å². The van der Waals surface area contributed by atoms with Gasteiger partial charge in [-0.1, -0.05) is 47.5 Å². The molecule has 3 aromatic rings. The molecule has 2 aromatic carbocycles. The Morgan fingerprint density at radius 3 is 2.67 bits per heavy atom. The first kappa shape index (κ1) is 23.0. The van der Waals surface area contributed by atoms with Crippen molar-refractivity contribution in [3.63, 3.8) is 0 Å². The molecule has 0 aliphatic carbocycles. The van der Waals surface area contributed by atoms with Crippen LogP contribution in [0, 0.1) is 0 Å². The van der Waals surface area contributed by atoms with E-state index in [1.807, 2.05) is 30.3 Å². The number of carbonyl (C=O) groups is 2. The van der Waals surface area contributed by atoms with Crippen LogP contribution in [0.4, 0.5) is 0 Å². The number of pyridine rings is 1. The van der Waals surface area contributed by atoms with Crippen molar-refractivity contribution in [1.82, 2.24) is 9.99 Å². The summed E-state index contributed by atoms with van der Waals surface area (Å²) in [6.07, 6.45) is 0.608. The largest absolute Gasteiger partial charge is 0.494 e. The first-order valence-corrected chi connectivity index (χ1v) is 11.1. The molecule has 1 aromatic heterocycles. The lowest BCUT2D eigenvalue weighted by atomic mass is 9.98. The van der Waals surface area contributed by atoms with E-state index in [2.05, 4.69) is 10.1 Å². The van der Waals surface area contributed by atoms with Gasteiger partial charge in [0, 0.05) is 35.2 Å². The van der Waals surface area contributed by atoms with Gasteiger partial charge in [0.15, 0.2) is 0 Å². The van der Waals surface area contributed by atoms with Gasteiger partial charge in [-0.2, -0.15) is 5.10 Å². The highest BCUT2D eigenvalue weighted by Crippen LogP contribution is 2.39. The molecule has 1 aliphatic heterocycles. The van der Waals surface area contributed by atoms with Gasteiger partial charge < -0.3 is 9.84 Å². The molecule has 33 heavy (non-hydrogen) atoms. The Kier molecular flexibility index (Phi) is 6.81. The Morgan fingerprint density at radius 2 is 1.94 bits per heavy atom. The maximum atomic E-state index is 13.0. The number of para-hydroxylation sites is 1. The van der Waals surface area contributed by atoms with Crippen LogP contribution >= 0.6 is 23.2 Å². The first-order valence-electron chi connectivity index (χ1n) is 10.4. The third kappa shape index (κ3) is 4.94. The van der Waals surface area contributed by atoms with Crippen LogP contribution in [0.5, 0.6) is 5.75 Å². The van der Waals surface area contributed by atoms with Gasteiger partial charge in [-0.25, -0.2) is 9.99 Å². The molecule has 1 N–H and O–H groups in total. The zero-order valence-electron chi connectivity index (χ0n) is 17.8. The van der Waals surface area contributed by atoms with E-state index in [4.69, 9.17) is 33.0 Å². The number of carboxylic acid groups (broad SMARTS) is 1. The van der Waals surface area contributed by atoms with Gasteiger partial charge in [-0.15, -0.1) is 0 Å². The van der Waals surface area contributed by atoms with E-state index in [1.165, 1.54) is 5.01 Å².